The molecule has 2 aliphatic rings. The number of alkyl halides is 3. The first kappa shape index (κ1) is 20.3. The first-order valence-corrected chi connectivity index (χ1v) is 9.57. The number of aliphatic hydroxyl groups is 1. The van der Waals surface area contributed by atoms with E-state index >= 15 is 0 Å². The zero-order chi connectivity index (χ0) is 21.5. The number of nitriles is 1. The fraction of sp³-hybridized carbons (Fsp3) is 0.429. The Bertz CT molecular complexity index is 984. The Balaban J connectivity index is 1.58. The molecule has 2 fully saturated rings. The number of hydrogen-bond acceptors (Lipinski definition) is 5. The number of halogens is 3. The van der Waals surface area contributed by atoms with Crippen molar-refractivity contribution in [3.05, 3.63) is 53.5 Å². The summed E-state index contributed by atoms with van der Waals surface area (Å²) in [5, 5.41) is 19.1. The quantitative estimate of drug-likeness (QED) is 0.827. The van der Waals surface area contributed by atoms with E-state index in [0.29, 0.717) is 38.3 Å². The summed E-state index contributed by atoms with van der Waals surface area (Å²) in [6.07, 6.45) is -2.66. The Hall–Kier alpha value is -2.99. The monoisotopic (exact) mass is 419 g/mol. The second-order valence-corrected chi connectivity index (χ2v) is 7.92. The van der Waals surface area contributed by atoms with Crippen molar-refractivity contribution < 1.29 is 27.5 Å². The van der Waals surface area contributed by atoms with Gasteiger partial charge in [0.15, 0.2) is 5.76 Å². The van der Waals surface area contributed by atoms with Crippen LogP contribution in [0, 0.1) is 22.7 Å². The molecular formula is C21H20F3N3O3. The lowest BCUT2D eigenvalue weighted by molar-refractivity contribution is -0.137. The summed E-state index contributed by atoms with van der Waals surface area (Å²) >= 11 is 0. The van der Waals surface area contributed by atoms with Gasteiger partial charge in [-0.05, 0) is 36.8 Å². The number of carbonyl (C=O) groups is 1. The van der Waals surface area contributed by atoms with Gasteiger partial charge in [0.2, 0.25) is 0 Å². The minimum Gasteiger partial charge on any atom is -0.459 e. The zero-order valence-corrected chi connectivity index (χ0v) is 16.0. The van der Waals surface area contributed by atoms with Crippen LogP contribution < -0.4 is 4.90 Å². The molecule has 1 aromatic carbocycles. The van der Waals surface area contributed by atoms with Gasteiger partial charge in [-0.15, -0.1) is 0 Å². The van der Waals surface area contributed by atoms with Crippen LogP contribution in [0.25, 0.3) is 0 Å². The molecule has 0 aliphatic carbocycles. The second kappa shape index (κ2) is 7.36. The highest BCUT2D eigenvalue weighted by molar-refractivity contribution is 5.91. The molecule has 2 aliphatic heterocycles. The summed E-state index contributed by atoms with van der Waals surface area (Å²) in [7, 11) is 0. The molecule has 158 valence electrons. The van der Waals surface area contributed by atoms with Gasteiger partial charge in [-0.1, -0.05) is 0 Å². The van der Waals surface area contributed by atoms with Crippen molar-refractivity contribution in [2.45, 2.75) is 12.6 Å². The summed E-state index contributed by atoms with van der Waals surface area (Å²) < 4.78 is 45.2. The molecule has 2 atom stereocenters. The van der Waals surface area contributed by atoms with Crippen molar-refractivity contribution in [3.8, 4) is 6.07 Å². The third-order valence-corrected chi connectivity index (χ3v) is 6.26. The Morgan fingerprint density at radius 3 is 2.77 bits per heavy atom. The summed E-state index contributed by atoms with van der Waals surface area (Å²) in [5.41, 5.74) is -1.53. The molecule has 1 N–H and O–H groups in total. The first-order valence-electron chi connectivity index (χ1n) is 9.57. The van der Waals surface area contributed by atoms with Crippen LogP contribution in [0.15, 0.2) is 41.0 Å². The molecule has 0 saturated carbocycles. The maximum atomic E-state index is 13.4. The highest BCUT2D eigenvalue weighted by Gasteiger charge is 2.50. The number of fused-ring (bicyclic) bond motifs is 1. The molecule has 0 bridgehead atoms. The van der Waals surface area contributed by atoms with E-state index in [1.165, 1.54) is 18.4 Å². The van der Waals surface area contributed by atoms with Crippen LogP contribution in [0.5, 0.6) is 0 Å². The normalized spacial score (nSPS) is 23.9. The average molecular weight is 419 g/mol. The lowest BCUT2D eigenvalue weighted by atomic mass is 9.73. The standard InChI is InChI=1S/C21H20F3N3O3/c22-21(23,24)17-8-16(4-3-14(17)9-25)27-11-15-10-26(6-5-20(15,12-27)13-28)19(29)18-2-1-7-30-18/h1-4,7-8,15,28H,5-6,10-13H2/t15-,20+/m1/s1. The molecule has 1 amide bonds. The minimum atomic E-state index is -4.63. The van der Waals surface area contributed by atoms with Gasteiger partial charge >= 0.3 is 6.18 Å². The Labute approximate surface area is 171 Å². The van der Waals surface area contributed by atoms with Gasteiger partial charge in [-0.3, -0.25) is 4.79 Å². The van der Waals surface area contributed by atoms with Gasteiger partial charge in [-0.2, -0.15) is 18.4 Å². The number of piperidine rings is 1. The van der Waals surface area contributed by atoms with E-state index in [9.17, 15) is 23.1 Å². The zero-order valence-electron chi connectivity index (χ0n) is 16.0. The van der Waals surface area contributed by atoms with Gasteiger partial charge in [-0.25, -0.2) is 0 Å². The van der Waals surface area contributed by atoms with Gasteiger partial charge in [0.1, 0.15) is 0 Å². The van der Waals surface area contributed by atoms with E-state index < -0.39 is 22.7 Å². The Kier molecular flexibility index (Phi) is 4.98. The lowest BCUT2D eigenvalue weighted by Gasteiger charge is -2.42. The fourth-order valence-corrected chi connectivity index (χ4v) is 4.54. The number of benzene rings is 1. The number of furan rings is 1. The van der Waals surface area contributed by atoms with Crippen molar-refractivity contribution >= 4 is 11.6 Å². The van der Waals surface area contributed by atoms with Crippen LogP contribution >= 0.6 is 0 Å². The summed E-state index contributed by atoms with van der Waals surface area (Å²) in [5.74, 6) is -0.0916. The van der Waals surface area contributed by atoms with E-state index in [1.54, 1.807) is 28.0 Å². The lowest BCUT2D eigenvalue weighted by Crippen LogP contribution is -2.50. The van der Waals surface area contributed by atoms with Crippen LogP contribution in [-0.4, -0.2) is 48.7 Å². The topological polar surface area (TPSA) is 80.7 Å². The largest absolute Gasteiger partial charge is 0.459 e. The molecule has 4 rings (SSSR count). The maximum Gasteiger partial charge on any atom is 0.417 e. The predicted molar refractivity (Wildman–Crippen MR) is 101 cm³/mol. The number of likely N-dealkylation sites (tertiary alicyclic amines) is 1. The number of hydrogen-bond donors (Lipinski definition) is 1. The van der Waals surface area contributed by atoms with E-state index in [-0.39, 0.29) is 24.2 Å². The molecule has 0 radical (unpaired) electrons. The molecule has 6 nitrogen and oxygen atoms in total. The van der Waals surface area contributed by atoms with Crippen molar-refractivity contribution in [3.63, 3.8) is 0 Å². The number of aliphatic hydroxyl groups excluding tert-OH is 1. The number of nitrogens with zero attached hydrogens (tertiary/aromatic N) is 3. The van der Waals surface area contributed by atoms with E-state index in [2.05, 4.69) is 0 Å². The second-order valence-electron chi connectivity index (χ2n) is 7.92. The predicted octanol–water partition coefficient (Wildman–Crippen LogP) is 3.13. The number of rotatable bonds is 3. The number of carbonyl (C=O) groups excluding carboxylic acids is 1. The van der Waals surface area contributed by atoms with Crippen LogP contribution in [0.3, 0.4) is 0 Å². The van der Waals surface area contributed by atoms with E-state index in [0.717, 1.165) is 6.07 Å². The molecule has 2 aromatic rings. The summed E-state index contributed by atoms with van der Waals surface area (Å²) in [6.45, 7) is 1.51. The van der Waals surface area contributed by atoms with Crippen LogP contribution in [0.1, 0.15) is 28.1 Å². The van der Waals surface area contributed by atoms with Crippen LogP contribution in [-0.2, 0) is 6.18 Å². The van der Waals surface area contributed by atoms with Gasteiger partial charge in [0.25, 0.3) is 5.91 Å². The number of anilines is 1. The van der Waals surface area contributed by atoms with Crippen LogP contribution in [0.4, 0.5) is 18.9 Å². The molecule has 0 spiro atoms. The van der Waals surface area contributed by atoms with Gasteiger partial charge < -0.3 is 19.3 Å². The summed E-state index contributed by atoms with van der Waals surface area (Å²) in [6, 6.07) is 8.49. The van der Waals surface area contributed by atoms with E-state index in [1.807, 2.05) is 0 Å². The molecule has 1 aromatic heterocycles. The smallest absolute Gasteiger partial charge is 0.417 e. The van der Waals surface area contributed by atoms with Crippen molar-refractivity contribution in [2.24, 2.45) is 11.3 Å². The molecule has 0 unspecified atom stereocenters. The number of amides is 1. The van der Waals surface area contributed by atoms with Crippen molar-refractivity contribution in [1.29, 1.82) is 5.26 Å². The summed E-state index contributed by atoms with van der Waals surface area (Å²) in [4.78, 5) is 16.1. The van der Waals surface area contributed by atoms with Gasteiger partial charge in [0.05, 0.1) is 30.1 Å². The van der Waals surface area contributed by atoms with E-state index in [4.69, 9.17) is 9.68 Å². The van der Waals surface area contributed by atoms with Gasteiger partial charge in [0, 0.05) is 43.2 Å². The SMILES string of the molecule is N#Cc1ccc(N2C[C@H]3CN(C(=O)c4ccco4)CC[C@@]3(CO)C2)cc1C(F)(F)F. The first-order chi connectivity index (χ1) is 14.3. The van der Waals surface area contributed by atoms with Crippen molar-refractivity contribution in [1.82, 2.24) is 4.90 Å². The third kappa shape index (κ3) is 3.41. The highest BCUT2D eigenvalue weighted by Crippen LogP contribution is 2.45. The van der Waals surface area contributed by atoms with Crippen LogP contribution in [0.2, 0.25) is 0 Å². The molecule has 9 heteroatoms. The minimum absolute atomic E-state index is 0.0971. The highest BCUT2D eigenvalue weighted by atomic mass is 19.4. The third-order valence-electron chi connectivity index (χ3n) is 6.26. The van der Waals surface area contributed by atoms with Crippen molar-refractivity contribution in [2.75, 3.05) is 37.7 Å². The Morgan fingerprint density at radius 1 is 1.33 bits per heavy atom. The Morgan fingerprint density at radius 2 is 2.13 bits per heavy atom. The molecule has 30 heavy (non-hydrogen) atoms. The molecule has 3 heterocycles. The maximum absolute atomic E-state index is 13.4. The molecular weight excluding hydrogens is 399 g/mol. The molecule has 2 saturated heterocycles. The average Bonchev–Trinajstić information content (AvgIpc) is 3.40. The fourth-order valence-electron chi connectivity index (χ4n) is 4.54.